The van der Waals surface area contributed by atoms with Crippen molar-refractivity contribution >= 4 is 17.8 Å². The van der Waals surface area contributed by atoms with Crippen molar-refractivity contribution in [3.63, 3.8) is 0 Å². The molecule has 2 rings (SSSR count). The van der Waals surface area contributed by atoms with Crippen molar-refractivity contribution in [1.82, 2.24) is 15.1 Å². The summed E-state index contributed by atoms with van der Waals surface area (Å²) in [6, 6.07) is 9.08. The van der Waals surface area contributed by atoms with Gasteiger partial charge in [0, 0.05) is 13.6 Å². The van der Waals surface area contributed by atoms with Gasteiger partial charge in [-0.25, -0.2) is 4.79 Å². The van der Waals surface area contributed by atoms with Crippen LogP contribution in [0, 0.1) is 0 Å². The maximum Gasteiger partial charge on any atom is 0.325 e. The molecule has 0 radical (unpaired) electrons. The molecule has 4 amide bonds. The zero-order chi connectivity index (χ0) is 17.0. The number of amides is 4. The average molecular weight is 317 g/mol. The van der Waals surface area contributed by atoms with E-state index in [0.717, 1.165) is 16.9 Å². The van der Waals surface area contributed by atoms with E-state index in [2.05, 4.69) is 5.32 Å². The monoisotopic (exact) mass is 317 g/mol. The first-order valence-electron chi connectivity index (χ1n) is 7.79. The Labute approximate surface area is 136 Å². The third-order valence-electron chi connectivity index (χ3n) is 4.08. The number of urea groups is 1. The molecule has 1 fully saturated rings. The molecule has 23 heavy (non-hydrogen) atoms. The van der Waals surface area contributed by atoms with E-state index >= 15 is 0 Å². The lowest BCUT2D eigenvalue weighted by molar-refractivity contribution is -0.138. The number of benzene rings is 1. The van der Waals surface area contributed by atoms with Crippen LogP contribution in [0.3, 0.4) is 0 Å². The first-order chi connectivity index (χ1) is 10.9. The average Bonchev–Trinajstić information content (AvgIpc) is 2.72. The van der Waals surface area contributed by atoms with Crippen LogP contribution in [-0.2, 0) is 16.1 Å². The highest BCUT2D eigenvalue weighted by Crippen LogP contribution is 2.22. The summed E-state index contributed by atoms with van der Waals surface area (Å²) < 4.78 is 0. The van der Waals surface area contributed by atoms with Crippen LogP contribution in [0.4, 0.5) is 4.79 Å². The summed E-state index contributed by atoms with van der Waals surface area (Å²) in [5.41, 5.74) is 0.0979. The second-order valence-electron chi connectivity index (χ2n) is 6.14. The Hall–Kier alpha value is -2.37. The highest BCUT2D eigenvalue weighted by Gasteiger charge is 2.47. The molecule has 0 bridgehead atoms. The number of imide groups is 1. The van der Waals surface area contributed by atoms with Gasteiger partial charge in [0.15, 0.2) is 0 Å². The minimum absolute atomic E-state index is 0.229. The number of hydrogen-bond acceptors (Lipinski definition) is 3. The fraction of sp³-hybridized carbons (Fsp3) is 0.471. The van der Waals surface area contributed by atoms with Crippen molar-refractivity contribution in [1.29, 1.82) is 0 Å². The maximum absolute atomic E-state index is 12.4. The molecule has 1 saturated heterocycles. The van der Waals surface area contributed by atoms with E-state index < -0.39 is 11.6 Å². The lowest BCUT2D eigenvalue weighted by Gasteiger charge is -2.22. The molecule has 1 aromatic carbocycles. The number of nitrogens with zero attached hydrogens (tertiary/aromatic N) is 2. The molecule has 1 atom stereocenters. The van der Waals surface area contributed by atoms with Crippen LogP contribution in [0.15, 0.2) is 30.3 Å². The molecule has 1 unspecified atom stereocenters. The zero-order valence-corrected chi connectivity index (χ0v) is 13.8. The highest BCUT2D eigenvalue weighted by atomic mass is 16.2. The van der Waals surface area contributed by atoms with E-state index in [4.69, 9.17) is 0 Å². The summed E-state index contributed by atoms with van der Waals surface area (Å²) >= 11 is 0. The number of rotatable bonds is 6. The summed E-state index contributed by atoms with van der Waals surface area (Å²) in [7, 11) is 1.67. The van der Waals surface area contributed by atoms with Crippen LogP contribution >= 0.6 is 0 Å². The minimum Gasteiger partial charge on any atom is -0.340 e. The molecule has 6 nitrogen and oxygen atoms in total. The van der Waals surface area contributed by atoms with Gasteiger partial charge in [-0.05, 0) is 18.9 Å². The van der Waals surface area contributed by atoms with E-state index in [9.17, 15) is 14.4 Å². The summed E-state index contributed by atoms with van der Waals surface area (Å²) in [5.74, 6) is -0.594. The van der Waals surface area contributed by atoms with Crippen molar-refractivity contribution in [3.05, 3.63) is 35.9 Å². The van der Waals surface area contributed by atoms with Gasteiger partial charge in [0.05, 0.1) is 0 Å². The Morgan fingerprint density at radius 1 is 1.26 bits per heavy atom. The second kappa shape index (κ2) is 6.81. The van der Waals surface area contributed by atoms with E-state index in [1.807, 2.05) is 37.3 Å². The Morgan fingerprint density at radius 3 is 2.52 bits per heavy atom. The number of nitrogens with one attached hydrogen (secondary N) is 1. The number of carbonyl (C=O) groups is 3. The van der Waals surface area contributed by atoms with Crippen molar-refractivity contribution in [2.45, 2.75) is 38.8 Å². The van der Waals surface area contributed by atoms with Crippen LogP contribution in [0.5, 0.6) is 0 Å². The zero-order valence-electron chi connectivity index (χ0n) is 13.8. The van der Waals surface area contributed by atoms with Gasteiger partial charge >= 0.3 is 6.03 Å². The fourth-order valence-corrected chi connectivity index (χ4v) is 2.76. The van der Waals surface area contributed by atoms with Crippen molar-refractivity contribution < 1.29 is 14.4 Å². The van der Waals surface area contributed by atoms with Gasteiger partial charge in [0.2, 0.25) is 5.91 Å². The SMILES string of the molecule is CCCC1(C)NC(=O)N(CC(=O)N(C)Cc2ccccc2)C1=O. The molecule has 1 N–H and O–H groups in total. The third kappa shape index (κ3) is 3.70. The molecule has 0 saturated carbocycles. The molecule has 1 aliphatic heterocycles. The minimum atomic E-state index is -0.899. The molecule has 0 aromatic heterocycles. The van der Waals surface area contributed by atoms with Crippen LogP contribution in [-0.4, -0.2) is 46.8 Å². The number of hydrogen-bond donors (Lipinski definition) is 1. The van der Waals surface area contributed by atoms with Crippen LogP contribution in [0.25, 0.3) is 0 Å². The van der Waals surface area contributed by atoms with E-state index in [0.29, 0.717) is 13.0 Å². The summed E-state index contributed by atoms with van der Waals surface area (Å²) in [4.78, 5) is 39.3. The van der Waals surface area contributed by atoms with Crippen LogP contribution in [0.1, 0.15) is 32.3 Å². The van der Waals surface area contributed by atoms with Gasteiger partial charge in [-0.2, -0.15) is 0 Å². The van der Waals surface area contributed by atoms with Gasteiger partial charge < -0.3 is 10.2 Å². The van der Waals surface area contributed by atoms with Crippen molar-refractivity contribution in [3.8, 4) is 0 Å². The maximum atomic E-state index is 12.4. The molecule has 1 aromatic rings. The van der Waals surface area contributed by atoms with Gasteiger partial charge in [-0.15, -0.1) is 0 Å². The quantitative estimate of drug-likeness (QED) is 0.813. The second-order valence-corrected chi connectivity index (χ2v) is 6.14. The van der Waals surface area contributed by atoms with E-state index in [-0.39, 0.29) is 18.4 Å². The summed E-state index contributed by atoms with van der Waals surface area (Å²) in [6.45, 7) is 3.86. The molecule has 124 valence electrons. The molecule has 1 aliphatic rings. The standard InChI is InChI=1S/C17H23N3O3/c1-4-10-17(2)15(22)20(16(23)18-17)12-14(21)19(3)11-13-8-6-5-7-9-13/h5-9H,4,10-12H2,1-3H3,(H,18,23). The Balaban J connectivity index is 1.99. The smallest absolute Gasteiger partial charge is 0.325 e. The fourth-order valence-electron chi connectivity index (χ4n) is 2.76. The Kier molecular flexibility index (Phi) is 5.03. The number of likely N-dealkylation sites (N-methyl/N-ethyl adjacent to an activating group) is 1. The summed E-state index contributed by atoms with van der Waals surface area (Å²) in [6.07, 6.45) is 1.33. The van der Waals surface area contributed by atoms with Gasteiger partial charge in [-0.1, -0.05) is 43.7 Å². The van der Waals surface area contributed by atoms with Crippen LogP contribution < -0.4 is 5.32 Å². The molecule has 0 spiro atoms. The van der Waals surface area contributed by atoms with E-state index in [1.54, 1.807) is 14.0 Å². The van der Waals surface area contributed by atoms with Crippen molar-refractivity contribution in [2.24, 2.45) is 0 Å². The van der Waals surface area contributed by atoms with Gasteiger partial charge in [0.1, 0.15) is 12.1 Å². The molecule has 0 aliphatic carbocycles. The lowest BCUT2D eigenvalue weighted by Crippen LogP contribution is -2.45. The van der Waals surface area contributed by atoms with Crippen molar-refractivity contribution in [2.75, 3.05) is 13.6 Å². The molecular weight excluding hydrogens is 294 g/mol. The highest BCUT2D eigenvalue weighted by molar-refractivity contribution is 6.08. The summed E-state index contributed by atoms with van der Waals surface area (Å²) in [5, 5.41) is 2.69. The number of carbonyl (C=O) groups excluding carboxylic acids is 3. The Bertz CT molecular complexity index is 602. The van der Waals surface area contributed by atoms with E-state index in [1.165, 1.54) is 4.90 Å². The third-order valence-corrected chi connectivity index (χ3v) is 4.08. The first-order valence-corrected chi connectivity index (χ1v) is 7.79. The Morgan fingerprint density at radius 2 is 1.91 bits per heavy atom. The molecular formula is C17H23N3O3. The largest absolute Gasteiger partial charge is 0.340 e. The predicted molar refractivity (Wildman–Crippen MR) is 86.5 cm³/mol. The van der Waals surface area contributed by atoms with Crippen LogP contribution in [0.2, 0.25) is 0 Å². The van der Waals surface area contributed by atoms with Gasteiger partial charge in [0.25, 0.3) is 5.91 Å². The first kappa shape index (κ1) is 17.0. The normalized spacial score (nSPS) is 20.6. The topological polar surface area (TPSA) is 69.7 Å². The van der Waals surface area contributed by atoms with Gasteiger partial charge in [-0.3, -0.25) is 14.5 Å². The molecule has 6 heteroatoms. The lowest BCUT2D eigenvalue weighted by atomic mass is 9.96. The predicted octanol–water partition coefficient (Wildman–Crippen LogP) is 1.76. The molecule has 1 heterocycles.